The standard InChI is InChI=1S/C8H11F3NO3/c9-8(10,11)6-15-5-7(13)12-1-3-14-4-2-12/h6H,1-5H2. The molecule has 1 rings (SSSR count). The number of hydrogen-bond donors (Lipinski definition) is 0. The maximum Gasteiger partial charge on any atom is 0.417 e. The summed E-state index contributed by atoms with van der Waals surface area (Å²) >= 11 is 0. The van der Waals surface area contributed by atoms with E-state index in [0.29, 0.717) is 26.3 Å². The highest BCUT2D eigenvalue weighted by Gasteiger charge is 2.29. The Bertz CT molecular complexity index is 214. The molecule has 0 aromatic carbocycles. The van der Waals surface area contributed by atoms with Crippen molar-refractivity contribution in [3.05, 3.63) is 6.61 Å². The summed E-state index contributed by atoms with van der Waals surface area (Å²) in [5, 5.41) is 0. The average Bonchev–Trinajstić information content (AvgIpc) is 2.17. The zero-order valence-electron chi connectivity index (χ0n) is 7.92. The van der Waals surface area contributed by atoms with E-state index in [1.807, 2.05) is 0 Å². The topological polar surface area (TPSA) is 38.8 Å². The number of carbonyl (C=O) groups excluding carboxylic acids is 1. The molecule has 1 radical (unpaired) electrons. The van der Waals surface area contributed by atoms with E-state index < -0.39 is 18.7 Å². The number of hydrogen-bond acceptors (Lipinski definition) is 3. The van der Waals surface area contributed by atoms with Crippen LogP contribution in [0.1, 0.15) is 0 Å². The van der Waals surface area contributed by atoms with Crippen LogP contribution in [0.25, 0.3) is 0 Å². The Morgan fingerprint density at radius 3 is 2.53 bits per heavy atom. The summed E-state index contributed by atoms with van der Waals surface area (Å²) in [4.78, 5) is 12.7. The van der Waals surface area contributed by atoms with E-state index in [9.17, 15) is 18.0 Å². The molecule has 0 unspecified atom stereocenters. The van der Waals surface area contributed by atoms with E-state index >= 15 is 0 Å². The fourth-order valence-electron chi connectivity index (χ4n) is 1.11. The summed E-state index contributed by atoms with van der Waals surface area (Å²) in [6.07, 6.45) is -4.51. The average molecular weight is 226 g/mol. The fraction of sp³-hybridized carbons (Fsp3) is 0.750. The minimum absolute atomic E-state index is 0.286. The van der Waals surface area contributed by atoms with Crippen LogP contribution in [-0.2, 0) is 14.3 Å². The van der Waals surface area contributed by atoms with Gasteiger partial charge in [-0.3, -0.25) is 4.79 Å². The molecule has 1 aliphatic rings. The van der Waals surface area contributed by atoms with E-state index in [4.69, 9.17) is 4.74 Å². The van der Waals surface area contributed by atoms with Crippen LogP contribution < -0.4 is 0 Å². The first-order valence-electron chi connectivity index (χ1n) is 4.37. The molecule has 7 heteroatoms. The molecule has 0 aromatic rings. The molecule has 0 bridgehead atoms. The highest BCUT2D eigenvalue weighted by Crippen LogP contribution is 2.18. The van der Waals surface area contributed by atoms with Gasteiger partial charge in [-0.05, 0) is 0 Å². The Balaban J connectivity index is 2.17. The second-order valence-electron chi connectivity index (χ2n) is 2.96. The largest absolute Gasteiger partial charge is 0.417 e. The van der Waals surface area contributed by atoms with Crippen molar-refractivity contribution in [2.45, 2.75) is 6.18 Å². The van der Waals surface area contributed by atoms with Gasteiger partial charge in [-0.1, -0.05) is 0 Å². The maximum atomic E-state index is 11.6. The van der Waals surface area contributed by atoms with Crippen LogP contribution in [0.15, 0.2) is 0 Å². The summed E-state index contributed by atoms with van der Waals surface area (Å²) in [5.41, 5.74) is 0. The van der Waals surface area contributed by atoms with Crippen molar-refractivity contribution in [1.82, 2.24) is 4.90 Å². The minimum Gasteiger partial charge on any atom is -0.378 e. The van der Waals surface area contributed by atoms with E-state index in [1.165, 1.54) is 4.90 Å². The predicted molar refractivity (Wildman–Crippen MR) is 43.7 cm³/mol. The monoisotopic (exact) mass is 226 g/mol. The van der Waals surface area contributed by atoms with Crippen molar-refractivity contribution >= 4 is 5.91 Å². The van der Waals surface area contributed by atoms with Gasteiger partial charge in [-0.15, -0.1) is 0 Å². The Hall–Kier alpha value is -0.820. The van der Waals surface area contributed by atoms with Gasteiger partial charge < -0.3 is 14.4 Å². The van der Waals surface area contributed by atoms with Crippen molar-refractivity contribution in [3.63, 3.8) is 0 Å². The number of nitrogens with zero attached hydrogens (tertiary/aromatic N) is 1. The number of halogens is 3. The number of rotatable bonds is 3. The Morgan fingerprint density at radius 1 is 1.40 bits per heavy atom. The van der Waals surface area contributed by atoms with Gasteiger partial charge in [-0.25, -0.2) is 0 Å². The normalized spacial score (nSPS) is 17.9. The zero-order chi connectivity index (χ0) is 11.3. The quantitative estimate of drug-likeness (QED) is 0.706. The summed E-state index contributed by atoms with van der Waals surface area (Å²) < 4.78 is 44.0. The Kier molecular flexibility index (Phi) is 4.34. The van der Waals surface area contributed by atoms with E-state index in [1.54, 1.807) is 0 Å². The van der Waals surface area contributed by atoms with Gasteiger partial charge in [0.2, 0.25) is 5.91 Å². The van der Waals surface area contributed by atoms with Crippen molar-refractivity contribution in [2.75, 3.05) is 32.9 Å². The second kappa shape index (κ2) is 5.32. The number of ether oxygens (including phenoxy) is 2. The molecule has 1 heterocycles. The van der Waals surface area contributed by atoms with Gasteiger partial charge in [0.1, 0.15) is 6.61 Å². The summed E-state index contributed by atoms with van der Waals surface area (Å²) in [7, 11) is 0. The smallest absolute Gasteiger partial charge is 0.378 e. The first kappa shape index (κ1) is 12.3. The molecule has 1 amide bonds. The number of alkyl halides is 3. The second-order valence-corrected chi connectivity index (χ2v) is 2.96. The SMILES string of the molecule is O=C(CO[CH]C(F)(F)F)N1CCOCC1. The highest BCUT2D eigenvalue weighted by molar-refractivity contribution is 5.77. The van der Waals surface area contributed by atoms with Crippen LogP contribution in [0, 0.1) is 6.61 Å². The van der Waals surface area contributed by atoms with Crippen molar-refractivity contribution in [3.8, 4) is 0 Å². The molecule has 87 valence electrons. The number of amides is 1. The van der Waals surface area contributed by atoms with Crippen LogP contribution in [0.3, 0.4) is 0 Å². The predicted octanol–water partition coefficient (Wildman–Crippen LogP) is 0.586. The van der Waals surface area contributed by atoms with E-state index in [2.05, 4.69) is 4.74 Å². The van der Waals surface area contributed by atoms with Gasteiger partial charge in [0, 0.05) is 13.1 Å². The molecular formula is C8H11F3NO3. The van der Waals surface area contributed by atoms with Crippen LogP contribution >= 0.6 is 0 Å². The van der Waals surface area contributed by atoms with Gasteiger partial charge in [0.15, 0.2) is 6.61 Å². The van der Waals surface area contributed by atoms with Crippen LogP contribution in [0.5, 0.6) is 0 Å². The van der Waals surface area contributed by atoms with Gasteiger partial charge in [0.25, 0.3) is 0 Å². The van der Waals surface area contributed by atoms with Gasteiger partial charge >= 0.3 is 6.18 Å². The van der Waals surface area contributed by atoms with Crippen molar-refractivity contribution < 1.29 is 27.4 Å². The molecule has 1 fully saturated rings. The molecule has 0 spiro atoms. The van der Waals surface area contributed by atoms with Gasteiger partial charge in [0.05, 0.1) is 13.2 Å². The Morgan fingerprint density at radius 2 is 2.00 bits per heavy atom. The molecule has 0 aromatic heterocycles. The molecule has 1 saturated heterocycles. The molecule has 0 N–H and O–H groups in total. The lowest BCUT2D eigenvalue weighted by atomic mass is 10.4. The summed E-state index contributed by atoms with van der Waals surface area (Å²) in [6.45, 7) is 0.747. The third-order valence-corrected chi connectivity index (χ3v) is 1.79. The lowest BCUT2D eigenvalue weighted by Crippen LogP contribution is -2.42. The van der Waals surface area contributed by atoms with E-state index in [-0.39, 0.29) is 6.61 Å². The van der Waals surface area contributed by atoms with Crippen molar-refractivity contribution in [1.29, 1.82) is 0 Å². The first-order valence-corrected chi connectivity index (χ1v) is 4.37. The zero-order valence-corrected chi connectivity index (χ0v) is 7.92. The molecule has 0 atom stereocenters. The highest BCUT2D eigenvalue weighted by atomic mass is 19.4. The van der Waals surface area contributed by atoms with Crippen molar-refractivity contribution in [2.24, 2.45) is 0 Å². The van der Waals surface area contributed by atoms with Crippen LogP contribution in [-0.4, -0.2) is 49.9 Å². The molecule has 1 aliphatic heterocycles. The Labute approximate surface area is 84.9 Å². The lowest BCUT2D eigenvalue weighted by molar-refractivity contribution is -0.152. The first-order chi connectivity index (χ1) is 6.99. The summed E-state index contributed by atoms with van der Waals surface area (Å²) in [5.74, 6) is -0.459. The van der Waals surface area contributed by atoms with Crippen LogP contribution in [0.2, 0.25) is 0 Å². The number of morpholine rings is 1. The maximum absolute atomic E-state index is 11.6. The van der Waals surface area contributed by atoms with Crippen LogP contribution in [0.4, 0.5) is 13.2 Å². The number of carbonyl (C=O) groups is 1. The fourth-order valence-corrected chi connectivity index (χ4v) is 1.11. The third-order valence-electron chi connectivity index (χ3n) is 1.79. The van der Waals surface area contributed by atoms with Gasteiger partial charge in [-0.2, -0.15) is 13.2 Å². The molecule has 0 saturated carbocycles. The molecule has 4 nitrogen and oxygen atoms in total. The molecule has 0 aliphatic carbocycles. The minimum atomic E-state index is -4.51. The van der Waals surface area contributed by atoms with E-state index in [0.717, 1.165) is 0 Å². The molecule has 15 heavy (non-hydrogen) atoms. The third kappa shape index (κ3) is 4.98. The lowest BCUT2D eigenvalue weighted by Gasteiger charge is -2.26. The molecular weight excluding hydrogens is 215 g/mol. The summed E-state index contributed by atoms with van der Waals surface area (Å²) in [6, 6.07) is 0.